The van der Waals surface area contributed by atoms with Gasteiger partial charge in [0, 0.05) is 30.8 Å². The lowest BCUT2D eigenvalue weighted by Gasteiger charge is -2.36. The van der Waals surface area contributed by atoms with Gasteiger partial charge in [-0.3, -0.25) is 14.4 Å². The number of hydrogen-bond donors (Lipinski definition) is 2. The third kappa shape index (κ3) is 2.13. The van der Waals surface area contributed by atoms with Gasteiger partial charge in [0.05, 0.1) is 5.92 Å². The van der Waals surface area contributed by atoms with Crippen molar-refractivity contribution in [2.24, 2.45) is 5.92 Å². The molecule has 1 saturated heterocycles. The number of carboxylic acids is 1. The van der Waals surface area contributed by atoms with Gasteiger partial charge in [-0.15, -0.1) is 0 Å². The van der Waals surface area contributed by atoms with Crippen molar-refractivity contribution in [2.45, 2.75) is 12.8 Å². The second kappa shape index (κ2) is 4.63. The molecule has 2 heterocycles. The third-order valence-corrected chi connectivity index (χ3v) is 3.77. The first-order valence-electron chi connectivity index (χ1n) is 6.49. The number of benzene rings is 1. The fraction of sp³-hybridized carbons (Fsp3) is 0.357. The summed E-state index contributed by atoms with van der Waals surface area (Å²) in [6, 6.07) is 5.18. The molecule has 0 saturated carbocycles. The van der Waals surface area contributed by atoms with E-state index in [4.69, 9.17) is 5.11 Å². The second-order valence-electron chi connectivity index (χ2n) is 5.17. The summed E-state index contributed by atoms with van der Waals surface area (Å²) in [5.74, 6) is -1.47. The number of aryl methyl sites for hydroxylation is 1. The van der Waals surface area contributed by atoms with Gasteiger partial charge < -0.3 is 15.3 Å². The van der Waals surface area contributed by atoms with E-state index < -0.39 is 11.9 Å². The lowest BCUT2D eigenvalue weighted by molar-refractivity contribution is -0.146. The molecule has 104 valence electrons. The summed E-state index contributed by atoms with van der Waals surface area (Å²) in [4.78, 5) is 35.7. The molecule has 1 aromatic rings. The molecule has 0 atom stereocenters. The Kier molecular flexibility index (Phi) is 2.93. The fourth-order valence-corrected chi connectivity index (χ4v) is 2.50. The number of anilines is 1. The largest absolute Gasteiger partial charge is 0.481 e. The first-order chi connectivity index (χ1) is 9.54. The van der Waals surface area contributed by atoms with E-state index in [1.165, 1.54) is 4.90 Å². The summed E-state index contributed by atoms with van der Waals surface area (Å²) in [6.07, 6.45) is 1.05. The van der Waals surface area contributed by atoms with Gasteiger partial charge in [0.2, 0.25) is 5.91 Å². The van der Waals surface area contributed by atoms with Crippen molar-refractivity contribution in [2.75, 3.05) is 18.4 Å². The number of nitrogens with zero attached hydrogens (tertiary/aromatic N) is 1. The highest BCUT2D eigenvalue weighted by Crippen LogP contribution is 2.25. The van der Waals surface area contributed by atoms with Crippen LogP contribution < -0.4 is 5.32 Å². The molecule has 0 aromatic heterocycles. The average molecular weight is 274 g/mol. The molecule has 0 unspecified atom stereocenters. The maximum Gasteiger partial charge on any atom is 0.310 e. The van der Waals surface area contributed by atoms with Gasteiger partial charge in [-0.05, 0) is 30.2 Å². The first-order valence-corrected chi connectivity index (χ1v) is 6.49. The summed E-state index contributed by atoms with van der Waals surface area (Å²) in [5.41, 5.74) is 2.25. The number of carbonyl (C=O) groups excluding carboxylic acids is 2. The Morgan fingerprint density at radius 1 is 1.25 bits per heavy atom. The van der Waals surface area contributed by atoms with Crippen LogP contribution in [0.3, 0.4) is 0 Å². The van der Waals surface area contributed by atoms with Crippen LogP contribution in [0.5, 0.6) is 0 Å². The number of fused-ring (bicyclic) bond motifs is 1. The number of carboxylic acid groups (broad SMARTS) is 1. The van der Waals surface area contributed by atoms with E-state index in [-0.39, 0.29) is 24.9 Å². The highest BCUT2D eigenvalue weighted by molar-refractivity contribution is 5.98. The third-order valence-electron chi connectivity index (χ3n) is 3.77. The summed E-state index contributed by atoms with van der Waals surface area (Å²) in [5, 5.41) is 11.6. The van der Waals surface area contributed by atoms with Crippen LogP contribution in [0.4, 0.5) is 5.69 Å². The van der Waals surface area contributed by atoms with Crippen molar-refractivity contribution in [1.82, 2.24) is 4.90 Å². The first kappa shape index (κ1) is 12.7. The van der Waals surface area contributed by atoms with E-state index >= 15 is 0 Å². The fourth-order valence-electron chi connectivity index (χ4n) is 2.50. The molecule has 2 aliphatic heterocycles. The molecule has 20 heavy (non-hydrogen) atoms. The minimum atomic E-state index is -0.859. The van der Waals surface area contributed by atoms with E-state index in [0.717, 1.165) is 11.3 Å². The van der Waals surface area contributed by atoms with Gasteiger partial charge in [-0.25, -0.2) is 0 Å². The summed E-state index contributed by atoms with van der Waals surface area (Å²) in [7, 11) is 0. The lowest BCUT2D eigenvalue weighted by atomic mass is 9.96. The predicted molar refractivity (Wildman–Crippen MR) is 70.4 cm³/mol. The zero-order valence-electron chi connectivity index (χ0n) is 10.8. The van der Waals surface area contributed by atoms with Crippen molar-refractivity contribution in [3.05, 3.63) is 29.3 Å². The zero-order valence-corrected chi connectivity index (χ0v) is 10.8. The molecule has 6 heteroatoms. The molecule has 6 nitrogen and oxygen atoms in total. The standard InChI is InChI=1S/C14H14N2O4/c17-12-4-2-8-5-9(1-3-11(8)15-12)13(18)16-6-10(7-16)14(19)20/h1,3,5,10H,2,4,6-7H2,(H,15,17)(H,19,20). The second-order valence-corrected chi connectivity index (χ2v) is 5.17. The molecular formula is C14H14N2O4. The van der Waals surface area contributed by atoms with Crippen LogP contribution in [-0.2, 0) is 16.0 Å². The Labute approximate surface area is 115 Å². The Hall–Kier alpha value is -2.37. The van der Waals surface area contributed by atoms with Gasteiger partial charge in [-0.2, -0.15) is 0 Å². The number of carbonyl (C=O) groups is 3. The minimum absolute atomic E-state index is 0.0105. The summed E-state index contributed by atoms with van der Waals surface area (Å²) < 4.78 is 0. The SMILES string of the molecule is O=C1CCc2cc(C(=O)N3CC(C(=O)O)C3)ccc2N1. The van der Waals surface area contributed by atoms with E-state index in [1.807, 2.05) is 0 Å². The van der Waals surface area contributed by atoms with E-state index in [9.17, 15) is 14.4 Å². The zero-order chi connectivity index (χ0) is 14.3. The Morgan fingerprint density at radius 2 is 2.00 bits per heavy atom. The van der Waals surface area contributed by atoms with Crippen LogP contribution in [0.2, 0.25) is 0 Å². The van der Waals surface area contributed by atoms with Gasteiger partial charge in [0.15, 0.2) is 0 Å². The molecular weight excluding hydrogens is 260 g/mol. The molecule has 1 aromatic carbocycles. The lowest BCUT2D eigenvalue weighted by Crippen LogP contribution is -2.53. The van der Waals surface area contributed by atoms with Crippen LogP contribution in [0.15, 0.2) is 18.2 Å². The molecule has 2 aliphatic rings. The summed E-state index contributed by atoms with van der Waals surface area (Å²) >= 11 is 0. The Balaban J connectivity index is 1.74. The van der Waals surface area contributed by atoms with Crippen LogP contribution in [0.1, 0.15) is 22.3 Å². The van der Waals surface area contributed by atoms with Gasteiger partial charge in [0.1, 0.15) is 0 Å². The molecule has 0 spiro atoms. The molecule has 1 fully saturated rings. The van der Waals surface area contributed by atoms with Crippen LogP contribution in [0.25, 0.3) is 0 Å². The normalized spacial score (nSPS) is 18.0. The number of aliphatic carboxylic acids is 1. The molecule has 3 rings (SSSR count). The van der Waals surface area contributed by atoms with Crippen LogP contribution >= 0.6 is 0 Å². The van der Waals surface area contributed by atoms with Crippen molar-refractivity contribution in [1.29, 1.82) is 0 Å². The number of nitrogens with one attached hydrogen (secondary N) is 1. The van der Waals surface area contributed by atoms with Crippen LogP contribution in [-0.4, -0.2) is 40.9 Å². The quantitative estimate of drug-likeness (QED) is 0.832. The van der Waals surface area contributed by atoms with Crippen molar-refractivity contribution < 1.29 is 19.5 Å². The van der Waals surface area contributed by atoms with Gasteiger partial charge in [0.25, 0.3) is 5.91 Å². The van der Waals surface area contributed by atoms with E-state index in [0.29, 0.717) is 18.4 Å². The van der Waals surface area contributed by atoms with E-state index in [2.05, 4.69) is 5.32 Å². The van der Waals surface area contributed by atoms with Gasteiger partial charge in [-0.1, -0.05) is 0 Å². The summed E-state index contributed by atoms with van der Waals surface area (Å²) in [6.45, 7) is 0.532. The molecule has 0 aliphatic carbocycles. The molecule has 2 N–H and O–H groups in total. The van der Waals surface area contributed by atoms with E-state index in [1.54, 1.807) is 18.2 Å². The smallest absolute Gasteiger partial charge is 0.310 e. The molecule has 0 radical (unpaired) electrons. The van der Waals surface area contributed by atoms with Gasteiger partial charge >= 0.3 is 5.97 Å². The Bertz CT molecular complexity index is 605. The monoisotopic (exact) mass is 274 g/mol. The maximum absolute atomic E-state index is 12.2. The average Bonchev–Trinajstić information content (AvgIpc) is 2.35. The maximum atomic E-state index is 12.2. The topological polar surface area (TPSA) is 86.7 Å². The molecule has 0 bridgehead atoms. The number of likely N-dealkylation sites (tertiary alicyclic amines) is 1. The Morgan fingerprint density at radius 3 is 2.70 bits per heavy atom. The van der Waals surface area contributed by atoms with Crippen molar-refractivity contribution in [3.63, 3.8) is 0 Å². The van der Waals surface area contributed by atoms with Crippen LogP contribution in [0, 0.1) is 5.92 Å². The number of amides is 2. The number of rotatable bonds is 2. The van der Waals surface area contributed by atoms with Crippen molar-refractivity contribution >= 4 is 23.5 Å². The highest BCUT2D eigenvalue weighted by Gasteiger charge is 2.36. The number of hydrogen-bond acceptors (Lipinski definition) is 3. The van der Waals surface area contributed by atoms with Crippen molar-refractivity contribution in [3.8, 4) is 0 Å². The molecule has 2 amide bonds. The highest BCUT2D eigenvalue weighted by atomic mass is 16.4. The minimum Gasteiger partial charge on any atom is -0.481 e. The predicted octanol–water partition coefficient (Wildman–Crippen LogP) is 0.728.